The molecule has 25 heavy (non-hydrogen) atoms. The van der Waals surface area contributed by atoms with E-state index in [1.165, 1.54) is 5.56 Å². The highest BCUT2D eigenvalue weighted by Gasteiger charge is 2.15. The van der Waals surface area contributed by atoms with Crippen molar-refractivity contribution in [1.82, 2.24) is 4.90 Å². The molecule has 0 fully saturated rings. The molecule has 0 aromatic heterocycles. The van der Waals surface area contributed by atoms with E-state index in [0.717, 1.165) is 0 Å². The predicted molar refractivity (Wildman–Crippen MR) is 102 cm³/mol. The maximum Gasteiger partial charge on any atom is 0.255 e. The Morgan fingerprint density at radius 3 is 2.16 bits per heavy atom. The number of carbonyl (C=O) groups is 2. The largest absolute Gasteiger partial charge is 0.322 e. The maximum atomic E-state index is 12.4. The number of nitrogens with zero attached hydrogens (tertiary/aromatic N) is 1. The summed E-state index contributed by atoms with van der Waals surface area (Å²) in [5.74, 6) is -0.159. The van der Waals surface area contributed by atoms with Gasteiger partial charge in [0.2, 0.25) is 0 Å². The van der Waals surface area contributed by atoms with Crippen molar-refractivity contribution in [2.45, 2.75) is 26.2 Å². The normalized spacial score (nSPS) is 11.4. The van der Waals surface area contributed by atoms with Crippen LogP contribution in [0.3, 0.4) is 0 Å². The number of nitrogens with one attached hydrogen (secondary N) is 1. The lowest BCUT2D eigenvalue weighted by Gasteiger charge is -2.19. The average Bonchev–Trinajstić information content (AvgIpc) is 2.54. The molecule has 0 aliphatic rings. The number of hydrogen-bond donors (Lipinski definition) is 1. The topological polar surface area (TPSA) is 49.4 Å². The van der Waals surface area contributed by atoms with Crippen LogP contribution in [0.15, 0.2) is 48.5 Å². The number of Topliss-reactive ketones (excluding diaryl/α,β-unsaturated/α-hetero) is 1. The summed E-state index contributed by atoms with van der Waals surface area (Å²) in [5.41, 5.74) is 3.04. The van der Waals surface area contributed by atoms with Crippen LogP contribution in [0.4, 0.5) is 5.69 Å². The smallest absolute Gasteiger partial charge is 0.255 e. The van der Waals surface area contributed by atoms with Gasteiger partial charge in [0.15, 0.2) is 5.78 Å². The van der Waals surface area contributed by atoms with E-state index in [1.54, 1.807) is 24.3 Å². The van der Waals surface area contributed by atoms with E-state index in [9.17, 15) is 9.59 Å². The first kappa shape index (κ1) is 18.9. The van der Waals surface area contributed by atoms with Gasteiger partial charge < -0.3 is 10.2 Å². The summed E-state index contributed by atoms with van der Waals surface area (Å²) in [7, 11) is 3.70. The summed E-state index contributed by atoms with van der Waals surface area (Å²) in [4.78, 5) is 26.4. The maximum absolute atomic E-state index is 12.4. The monoisotopic (exact) mass is 338 g/mol. The van der Waals surface area contributed by atoms with E-state index in [4.69, 9.17) is 0 Å². The fourth-order valence-corrected chi connectivity index (χ4v) is 2.47. The lowest BCUT2D eigenvalue weighted by atomic mass is 9.87. The van der Waals surface area contributed by atoms with E-state index in [0.29, 0.717) is 23.4 Å². The second kappa shape index (κ2) is 7.62. The minimum atomic E-state index is -0.183. The van der Waals surface area contributed by atoms with Gasteiger partial charge in [0.25, 0.3) is 5.91 Å². The van der Waals surface area contributed by atoms with Gasteiger partial charge in [0.1, 0.15) is 0 Å². The molecule has 2 aromatic rings. The van der Waals surface area contributed by atoms with Gasteiger partial charge in [0.05, 0.1) is 6.54 Å². The Morgan fingerprint density at radius 2 is 1.60 bits per heavy atom. The number of rotatable bonds is 5. The van der Waals surface area contributed by atoms with Crippen molar-refractivity contribution in [1.29, 1.82) is 0 Å². The molecule has 1 amide bonds. The number of amides is 1. The molecular weight excluding hydrogens is 312 g/mol. The lowest BCUT2D eigenvalue weighted by Crippen LogP contribution is -2.21. The molecule has 0 saturated heterocycles. The minimum Gasteiger partial charge on any atom is -0.322 e. The fraction of sp³-hybridized carbons (Fsp3) is 0.333. The van der Waals surface area contributed by atoms with Crippen LogP contribution in [-0.4, -0.2) is 37.2 Å². The average molecular weight is 338 g/mol. The van der Waals surface area contributed by atoms with Gasteiger partial charge in [0, 0.05) is 16.8 Å². The second-order valence-corrected chi connectivity index (χ2v) is 7.52. The highest BCUT2D eigenvalue weighted by atomic mass is 16.1. The van der Waals surface area contributed by atoms with Gasteiger partial charge in [-0.3, -0.25) is 9.59 Å². The summed E-state index contributed by atoms with van der Waals surface area (Å²) >= 11 is 0. The summed E-state index contributed by atoms with van der Waals surface area (Å²) in [6, 6.07) is 14.7. The van der Waals surface area contributed by atoms with E-state index >= 15 is 0 Å². The van der Waals surface area contributed by atoms with E-state index < -0.39 is 0 Å². The van der Waals surface area contributed by atoms with E-state index in [-0.39, 0.29) is 17.1 Å². The standard InChI is InChI=1S/C21H26N2O2/c1-21(2,3)17-11-9-15(10-12-17)20(25)22-18-8-6-7-16(13-18)19(24)14-23(4)5/h6-13H,14H2,1-5H3,(H,22,25). The SMILES string of the molecule is CN(C)CC(=O)c1cccc(NC(=O)c2ccc(C(C)(C)C)cc2)c1. The molecule has 0 heterocycles. The van der Waals surface area contributed by atoms with Crippen molar-refractivity contribution < 1.29 is 9.59 Å². The number of carbonyl (C=O) groups excluding carboxylic acids is 2. The molecule has 0 unspecified atom stereocenters. The van der Waals surface area contributed by atoms with Crippen LogP contribution >= 0.6 is 0 Å². The molecule has 0 radical (unpaired) electrons. The van der Waals surface area contributed by atoms with Crippen molar-refractivity contribution in [2.24, 2.45) is 0 Å². The van der Waals surface area contributed by atoms with Crippen LogP contribution < -0.4 is 5.32 Å². The second-order valence-electron chi connectivity index (χ2n) is 7.52. The van der Waals surface area contributed by atoms with Crippen LogP contribution in [0, 0.1) is 0 Å². The third-order valence-electron chi connectivity index (χ3n) is 3.92. The molecule has 0 saturated carbocycles. The zero-order chi connectivity index (χ0) is 18.6. The van der Waals surface area contributed by atoms with Crippen LogP contribution in [-0.2, 0) is 5.41 Å². The Bertz CT molecular complexity index is 756. The van der Waals surface area contributed by atoms with Crippen LogP contribution in [0.2, 0.25) is 0 Å². The first-order valence-corrected chi connectivity index (χ1v) is 8.37. The third-order valence-corrected chi connectivity index (χ3v) is 3.92. The highest BCUT2D eigenvalue weighted by Crippen LogP contribution is 2.22. The molecule has 1 N–H and O–H groups in total. The Kier molecular flexibility index (Phi) is 5.75. The summed E-state index contributed by atoms with van der Waals surface area (Å²) in [5, 5.41) is 2.86. The molecule has 0 aliphatic carbocycles. The number of likely N-dealkylation sites (N-methyl/N-ethyl adjacent to an activating group) is 1. The quantitative estimate of drug-likeness (QED) is 0.839. The van der Waals surface area contributed by atoms with Gasteiger partial charge >= 0.3 is 0 Å². The van der Waals surface area contributed by atoms with Crippen LogP contribution in [0.5, 0.6) is 0 Å². The van der Waals surface area contributed by atoms with E-state index in [1.807, 2.05) is 43.3 Å². The Balaban J connectivity index is 2.11. The first-order chi connectivity index (χ1) is 11.7. The molecule has 2 rings (SSSR count). The van der Waals surface area contributed by atoms with Gasteiger partial charge in [-0.05, 0) is 49.3 Å². The first-order valence-electron chi connectivity index (χ1n) is 8.37. The molecular formula is C21H26N2O2. The molecule has 0 spiro atoms. The van der Waals surface area contributed by atoms with Gasteiger partial charge in [-0.15, -0.1) is 0 Å². The third kappa shape index (κ3) is 5.26. The zero-order valence-corrected chi connectivity index (χ0v) is 15.6. The highest BCUT2D eigenvalue weighted by molar-refractivity contribution is 6.05. The summed E-state index contributed by atoms with van der Waals surface area (Å²) < 4.78 is 0. The van der Waals surface area contributed by atoms with Crippen molar-refractivity contribution in [2.75, 3.05) is 26.0 Å². The van der Waals surface area contributed by atoms with Gasteiger partial charge in [-0.1, -0.05) is 45.0 Å². The molecule has 4 nitrogen and oxygen atoms in total. The van der Waals surface area contributed by atoms with Crippen molar-refractivity contribution in [3.8, 4) is 0 Å². The summed E-state index contributed by atoms with van der Waals surface area (Å²) in [6.45, 7) is 6.75. The molecule has 2 aromatic carbocycles. The predicted octanol–water partition coefficient (Wildman–Crippen LogP) is 3.98. The number of ketones is 1. The summed E-state index contributed by atoms with van der Waals surface area (Å²) in [6.07, 6.45) is 0. The van der Waals surface area contributed by atoms with Crippen LogP contribution in [0.25, 0.3) is 0 Å². The van der Waals surface area contributed by atoms with Crippen molar-refractivity contribution in [3.63, 3.8) is 0 Å². The molecule has 0 bridgehead atoms. The Morgan fingerprint density at radius 1 is 0.960 bits per heavy atom. The molecule has 0 aliphatic heterocycles. The number of hydrogen-bond acceptors (Lipinski definition) is 3. The fourth-order valence-electron chi connectivity index (χ4n) is 2.47. The van der Waals surface area contributed by atoms with Crippen molar-refractivity contribution >= 4 is 17.4 Å². The Hall–Kier alpha value is -2.46. The molecule has 132 valence electrons. The van der Waals surface area contributed by atoms with Gasteiger partial charge in [-0.2, -0.15) is 0 Å². The van der Waals surface area contributed by atoms with Gasteiger partial charge in [-0.25, -0.2) is 0 Å². The number of benzene rings is 2. The Labute approximate surface area is 149 Å². The lowest BCUT2D eigenvalue weighted by molar-refractivity contribution is 0.0956. The molecule has 4 heteroatoms. The van der Waals surface area contributed by atoms with Crippen molar-refractivity contribution in [3.05, 3.63) is 65.2 Å². The molecule has 0 atom stereocenters. The van der Waals surface area contributed by atoms with E-state index in [2.05, 4.69) is 26.1 Å². The minimum absolute atomic E-state index is 0.0237. The zero-order valence-electron chi connectivity index (χ0n) is 15.6. The number of anilines is 1. The van der Waals surface area contributed by atoms with Crippen LogP contribution in [0.1, 0.15) is 47.1 Å².